The van der Waals surface area contributed by atoms with Crippen molar-refractivity contribution in [2.45, 2.75) is 0 Å². The van der Waals surface area contributed by atoms with Gasteiger partial charge in [-0.05, 0) is 21.5 Å². The Labute approximate surface area is 96.9 Å². The number of halogens is 1. The highest BCUT2D eigenvalue weighted by molar-refractivity contribution is 9.10. The highest BCUT2D eigenvalue weighted by atomic mass is 79.9. The number of nitrogens with zero attached hydrogens (tertiary/aromatic N) is 2. The Kier molecular flexibility index (Phi) is 3.25. The summed E-state index contributed by atoms with van der Waals surface area (Å²) in [5.74, 6) is 0. The highest BCUT2D eigenvalue weighted by Gasteiger charge is 1.98. The Morgan fingerprint density at radius 1 is 0.867 bits per heavy atom. The molecule has 0 saturated carbocycles. The Morgan fingerprint density at radius 2 is 1.53 bits per heavy atom. The molecule has 0 spiro atoms. The lowest BCUT2D eigenvalue weighted by atomic mass is 10.1. The van der Waals surface area contributed by atoms with Crippen LogP contribution >= 0.6 is 15.9 Å². The van der Waals surface area contributed by atoms with Crippen molar-refractivity contribution in [3.05, 3.63) is 65.2 Å². The Balaban J connectivity index is 2.34. The van der Waals surface area contributed by atoms with E-state index in [1.54, 1.807) is 12.4 Å². The van der Waals surface area contributed by atoms with E-state index in [2.05, 4.69) is 25.9 Å². The Morgan fingerprint density at radius 3 is 2.33 bits per heavy atom. The molecule has 0 radical (unpaired) electrons. The lowest BCUT2D eigenvalue weighted by Gasteiger charge is -2.01. The second-order valence-electron chi connectivity index (χ2n) is 2.99. The van der Waals surface area contributed by atoms with Gasteiger partial charge < -0.3 is 0 Å². The fraction of sp³-hybridized carbons (Fsp3) is 0. The van der Waals surface area contributed by atoms with Gasteiger partial charge in [-0.25, -0.2) is 9.97 Å². The molecule has 2 nitrogen and oxygen atoms in total. The average molecular weight is 261 g/mol. The van der Waals surface area contributed by atoms with E-state index in [0.717, 1.165) is 11.1 Å². The van der Waals surface area contributed by atoms with Gasteiger partial charge in [0.05, 0.1) is 0 Å². The predicted octanol–water partition coefficient (Wildman–Crippen LogP) is 3.30. The molecule has 15 heavy (non-hydrogen) atoms. The first-order valence-corrected chi connectivity index (χ1v) is 5.35. The van der Waals surface area contributed by atoms with Gasteiger partial charge in [-0.15, -0.1) is 0 Å². The zero-order chi connectivity index (χ0) is 10.5. The lowest BCUT2D eigenvalue weighted by molar-refractivity contribution is 1.10. The zero-order valence-corrected chi connectivity index (χ0v) is 9.55. The molecular weight excluding hydrogens is 252 g/mol. The largest absolute Gasteiger partial charge is 0.230 e. The molecule has 2 rings (SSSR count). The van der Waals surface area contributed by atoms with Crippen LogP contribution in [0.2, 0.25) is 0 Å². The van der Waals surface area contributed by atoms with Crippen LogP contribution in [-0.2, 0) is 0 Å². The molecule has 0 N–H and O–H groups in total. The molecule has 0 unspecified atom stereocenters. The summed E-state index contributed by atoms with van der Waals surface area (Å²) < 4.78 is 0.608. The second kappa shape index (κ2) is 4.84. The number of hydrogen-bond acceptors (Lipinski definition) is 2. The van der Waals surface area contributed by atoms with Crippen LogP contribution in [0.5, 0.6) is 0 Å². The zero-order valence-electron chi connectivity index (χ0n) is 7.97. The predicted molar refractivity (Wildman–Crippen MR) is 65.1 cm³/mol. The number of hydrogen-bond donors (Lipinski definition) is 0. The molecule has 0 bridgehead atoms. The first-order valence-electron chi connectivity index (χ1n) is 4.56. The molecule has 0 aromatic carbocycles. The topological polar surface area (TPSA) is 25.8 Å². The third-order valence-electron chi connectivity index (χ3n) is 1.95. The summed E-state index contributed by atoms with van der Waals surface area (Å²) in [6.07, 6.45) is 17.6. The van der Waals surface area contributed by atoms with E-state index in [1.807, 2.05) is 42.5 Å². The normalized spacial score (nSPS) is 14.6. The SMILES string of the molecule is Brc1ncc(C2=CC=CC=CC=C2)cn1. The molecule has 0 atom stereocenters. The van der Waals surface area contributed by atoms with Crippen molar-refractivity contribution >= 4 is 21.5 Å². The summed E-state index contributed by atoms with van der Waals surface area (Å²) >= 11 is 3.21. The van der Waals surface area contributed by atoms with E-state index in [9.17, 15) is 0 Å². The minimum Gasteiger partial charge on any atom is -0.230 e. The quantitative estimate of drug-likeness (QED) is 0.725. The molecule has 3 heteroatoms. The Bertz CT molecular complexity index is 453. The van der Waals surface area contributed by atoms with E-state index in [1.165, 1.54) is 0 Å². The molecule has 1 aliphatic rings. The third kappa shape index (κ3) is 2.73. The van der Waals surface area contributed by atoms with Gasteiger partial charge >= 0.3 is 0 Å². The van der Waals surface area contributed by atoms with E-state index < -0.39 is 0 Å². The number of allylic oxidation sites excluding steroid dienone is 8. The Hall–Kier alpha value is -1.48. The maximum atomic E-state index is 4.10. The fourth-order valence-corrected chi connectivity index (χ4v) is 1.43. The minimum absolute atomic E-state index is 0.608. The summed E-state index contributed by atoms with van der Waals surface area (Å²) in [4.78, 5) is 8.19. The maximum absolute atomic E-state index is 4.10. The van der Waals surface area contributed by atoms with E-state index in [4.69, 9.17) is 0 Å². The van der Waals surface area contributed by atoms with Crippen molar-refractivity contribution < 1.29 is 0 Å². The van der Waals surface area contributed by atoms with E-state index in [0.29, 0.717) is 4.73 Å². The monoisotopic (exact) mass is 260 g/mol. The van der Waals surface area contributed by atoms with Crippen LogP contribution in [0.4, 0.5) is 0 Å². The van der Waals surface area contributed by atoms with Crippen molar-refractivity contribution in [3.8, 4) is 0 Å². The molecule has 1 aliphatic carbocycles. The van der Waals surface area contributed by atoms with Gasteiger partial charge in [0, 0.05) is 18.0 Å². The number of aromatic nitrogens is 2. The van der Waals surface area contributed by atoms with Crippen molar-refractivity contribution in [2.24, 2.45) is 0 Å². The molecule has 74 valence electrons. The molecule has 0 amide bonds. The van der Waals surface area contributed by atoms with Gasteiger partial charge in [0.25, 0.3) is 0 Å². The molecule has 0 saturated heterocycles. The van der Waals surface area contributed by atoms with Crippen molar-refractivity contribution in [1.29, 1.82) is 0 Å². The van der Waals surface area contributed by atoms with Gasteiger partial charge in [0.2, 0.25) is 0 Å². The summed E-state index contributed by atoms with van der Waals surface area (Å²) in [5.41, 5.74) is 2.11. The van der Waals surface area contributed by atoms with Crippen LogP contribution in [0.25, 0.3) is 5.57 Å². The minimum atomic E-state index is 0.608. The van der Waals surface area contributed by atoms with Gasteiger partial charge in [-0.2, -0.15) is 0 Å². The molecular formula is C12H9BrN2. The summed E-state index contributed by atoms with van der Waals surface area (Å²) in [6, 6.07) is 0. The van der Waals surface area contributed by atoms with Crippen molar-refractivity contribution in [1.82, 2.24) is 9.97 Å². The molecule has 1 heterocycles. The average Bonchev–Trinajstić information content (AvgIpc) is 2.19. The standard InChI is InChI=1S/C12H9BrN2/c13-12-14-8-11(9-15-12)10-6-4-2-1-3-5-7-10/h1-9H. The van der Waals surface area contributed by atoms with Crippen molar-refractivity contribution in [3.63, 3.8) is 0 Å². The van der Waals surface area contributed by atoms with E-state index in [-0.39, 0.29) is 0 Å². The number of rotatable bonds is 1. The molecule has 1 aromatic rings. The summed E-state index contributed by atoms with van der Waals surface area (Å²) in [6.45, 7) is 0. The van der Waals surface area contributed by atoms with Gasteiger partial charge in [0.15, 0.2) is 4.73 Å². The van der Waals surface area contributed by atoms with Gasteiger partial charge in [-0.1, -0.05) is 42.5 Å². The van der Waals surface area contributed by atoms with Gasteiger partial charge in [0.1, 0.15) is 0 Å². The molecule has 0 fully saturated rings. The van der Waals surface area contributed by atoms with Crippen molar-refractivity contribution in [2.75, 3.05) is 0 Å². The van der Waals surface area contributed by atoms with Crippen LogP contribution in [0, 0.1) is 0 Å². The lowest BCUT2D eigenvalue weighted by Crippen LogP contribution is -1.87. The summed E-state index contributed by atoms with van der Waals surface area (Å²) in [5, 5.41) is 0. The van der Waals surface area contributed by atoms with Crippen LogP contribution < -0.4 is 0 Å². The fourth-order valence-electron chi connectivity index (χ4n) is 1.22. The smallest absolute Gasteiger partial charge is 0.196 e. The van der Waals surface area contributed by atoms with Crippen LogP contribution in [0.1, 0.15) is 5.56 Å². The summed E-state index contributed by atoms with van der Waals surface area (Å²) in [7, 11) is 0. The van der Waals surface area contributed by atoms with Gasteiger partial charge in [-0.3, -0.25) is 0 Å². The first kappa shape index (κ1) is 10.1. The third-order valence-corrected chi connectivity index (χ3v) is 2.36. The highest BCUT2D eigenvalue weighted by Crippen LogP contribution is 2.16. The van der Waals surface area contributed by atoms with E-state index >= 15 is 0 Å². The maximum Gasteiger partial charge on any atom is 0.196 e. The van der Waals surface area contributed by atoms with Crippen LogP contribution in [0.15, 0.2) is 59.7 Å². The second-order valence-corrected chi connectivity index (χ2v) is 3.70. The van der Waals surface area contributed by atoms with Crippen LogP contribution in [-0.4, -0.2) is 9.97 Å². The van der Waals surface area contributed by atoms with Crippen LogP contribution in [0.3, 0.4) is 0 Å². The molecule has 0 aliphatic heterocycles. The molecule has 1 aromatic heterocycles. The first-order chi connectivity index (χ1) is 7.36.